The highest BCUT2D eigenvalue weighted by Gasteiger charge is 2.41. The molecule has 0 saturated heterocycles. The molecule has 7 aromatic rings. The summed E-state index contributed by atoms with van der Waals surface area (Å²) in [6.07, 6.45) is -3.67. The molecule has 0 saturated carbocycles. The first-order valence-electron chi connectivity index (χ1n) is 18.1. The van der Waals surface area contributed by atoms with Gasteiger partial charge in [-0.2, -0.15) is 36.5 Å². The predicted octanol–water partition coefficient (Wildman–Crippen LogP) is 9.77. The van der Waals surface area contributed by atoms with Crippen molar-refractivity contribution in [1.29, 1.82) is 0 Å². The van der Waals surface area contributed by atoms with E-state index in [1.165, 1.54) is 73.5 Å². The number of aromatic nitrogens is 4. The van der Waals surface area contributed by atoms with Gasteiger partial charge in [0.1, 0.15) is 6.61 Å². The van der Waals surface area contributed by atoms with Gasteiger partial charge in [-0.3, -0.25) is 19.0 Å². The monoisotopic (exact) mass is 858 g/mol. The number of alkyl halides is 6. The lowest BCUT2D eigenvalue weighted by atomic mass is 10.0. The molecule has 0 aliphatic heterocycles. The number of halogens is 7. The quantitative estimate of drug-likeness (QED) is 0.103. The van der Waals surface area contributed by atoms with Crippen LogP contribution in [0.1, 0.15) is 42.4 Å². The van der Waals surface area contributed by atoms with E-state index in [-0.39, 0.29) is 63.1 Å². The number of fused-ring (bicyclic) bond motifs is 2. The second kappa shape index (κ2) is 16.3. The Balaban J connectivity index is 1.17. The van der Waals surface area contributed by atoms with Crippen molar-refractivity contribution in [2.24, 2.45) is 0 Å². The second-order valence-corrected chi connectivity index (χ2v) is 13.8. The van der Waals surface area contributed by atoms with E-state index in [4.69, 9.17) is 39.4 Å². The molecule has 314 valence electrons. The lowest BCUT2D eigenvalue weighted by Crippen LogP contribution is -2.16. The van der Waals surface area contributed by atoms with Crippen LogP contribution in [-0.2, 0) is 32.0 Å². The van der Waals surface area contributed by atoms with Crippen LogP contribution in [0.5, 0.6) is 23.0 Å². The van der Waals surface area contributed by atoms with Gasteiger partial charge < -0.3 is 27.8 Å². The summed E-state index contributed by atoms with van der Waals surface area (Å²) in [7, 11) is 3.67. The van der Waals surface area contributed by atoms with Crippen LogP contribution in [0.3, 0.4) is 0 Å². The maximum Gasteiger partial charge on any atom is 0.450 e. The average Bonchev–Trinajstić information content (AvgIpc) is 3.88. The lowest BCUT2D eigenvalue weighted by Gasteiger charge is -2.16. The average molecular weight is 859 g/mol. The van der Waals surface area contributed by atoms with Crippen LogP contribution < -0.4 is 29.8 Å². The molecule has 7 rings (SSSR count). The number of hydrogen-bond acceptors (Lipinski definition) is 10. The van der Waals surface area contributed by atoms with E-state index in [0.717, 1.165) is 19.0 Å². The minimum absolute atomic E-state index is 0.0000314. The van der Waals surface area contributed by atoms with E-state index in [1.807, 2.05) is 6.92 Å². The molecular weight excluding hydrogens is 826 g/mol. The van der Waals surface area contributed by atoms with Crippen LogP contribution >= 0.6 is 11.6 Å². The predicted molar refractivity (Wildman–Crippen MR) is 207 cm³/mol. The van der Waals surface area contributed by atoms with Gasteiger partial charge in [0, 0.05) is 40.7 Å². The Morgan fingerprint density at radius 3 is 1.78 bits per heavy atom. The zero-order valence-corrected chi connectivity index (χ0v) is 32.8. The van der Waals surface area contributed by atoms with Crippen LogP contribution in [-0.4, -0.2) is 40.9 Å². The first kappa shape index (κ1) is 41.7. The van der Waals surface area contributed by atoms with Gasteiger partial charge in [0.05, 0.1) is 62.2 Å². The van der Waals surface area contributed by atoms with Crippen molar-refractivity contribution in [2.45, 2.75) is 51.8 Å². The Morgan fingerprint density at radius 1 is 0.717 bits per heavy atom. The van der Waals surface area contributed by atoms with Crippen LogP contribution in [0.4, 0.5) is 26.3 Å². The number of methoxy groups -OCH3 is 3. The summed E-state index contributed by atoms with van der Waals surface area (Å²) in [5.41, 5.74) is -3.54. The number of rotatable bonds is 13. The number of nitrogens with zero attached hydrogens (tertiary/aromatic N) is 4. The van der Waals surface area contributed by atoms with Gasteiger partial charge in [-0.15, -0.1) is 0 Å². The molecule has 0 aliphatic rings. The van der Waals surface area contributed by atoms with Crippen LogP contribution in [0.15, 0.2) is 85.7 Å². The molecule has 0 aliphatic carbocycles. The fourth-order valence-corrected chi connectivity index (χ4v) is 6.88. The summed E-state index contributed by atoms with van der Waals surface area (Å²) in [6.45, 7) is 2.16. The summed E-state index contributed by atoms with van der Waals surface area (Å²) in [5, 5.41) is 8.17. The largest absolute Gasteiger partial charge is 0.493 e. The van der Waals surface area contributed by atoms with E-state index < -0.39 is 57.0 Å². The summed E-state index contributed by atoms with van der Waals surface area (Å²) in [4.78, 5) is 27.3. The minimum Gasteiger partial charge on any atom is -0.493 e. The molecule has 0 N–H and O–H groups in total. The number of benzene rings is 3. The third-order valence-corrected chi connectivity index (χ3v) is 9.89. The van der Waals surface area contributed by atoms with E-state index in [1.54, 1.807) is 18.2 Å². The van der Waals surface area contributed by atoms with Gasteiger partial charge in [-0.1, -0.05) is 31.0 Å². The molecule has 0 unspecified atom stereocenters. The molecule has 0 spiro atoms. The highest BCUT2D eigenvalue weighted by atomic mass is 35.5. The van der Waals surface area contributed by atoms with Crippen molar-refractivity contribution in [1.82, 2.24) is 19.6 Å². The van der Waals surface area contributed by atoms with Crippen molar-refractivity contribution in [3.05, 3.63) is 115 Å². The standard InChI is InChI=1S/C41H33ClF6N4O8/c1-5-6-13-51-18-23(15-49-51)30-33(54)26-9-12-29(37(57-4)35(26)60-38(30)40(43,44)45)58-20-22-14-21(7-10-27(22)42)17-52-19-24(16-50-52)31-32(53)25-8-11-28(55-2)36(56-3)34(25)59-39(31)41(46,47)48/h7-12,14-16,18-19H,5-6,13,17,20H2,1-4H3. The van der Waals surface area contributed by atoms with E-state index >= 15 is 0 Å². The number of aryl methyl sites for hydroxylation is 1. The molecular formula is C41H33ClF6N4O8. The van der Waals surface area contributed by atoms with E-state index in [0.29, 0.717) is 17.7 Å². The fraction of sp³-hybridized carbons (Fsp3) is 0.268. The lowest BCUT2D eigenvalue weighted by molar-refractivity contribution is -0.152. The summed E-state index contributed by atoms with van der Waals surface area (Å²) in [5.74, 6) is -3.53. The Labute approximate surface area is 340 Å². The SMILES string of the molecule is CCCCn1cc(-c2c(C(F)(F)F)oc3c(OC)c(OCc4cc(Cn5cc(-c6c(C(F)(F)F)oc7c(OC)c(OC)ccc7c6=O)cn5)ccc4Cl)ccc3c2=O)cn1. The zero-order valence-electron chi connectivity index (χ0n) is 32.1. The zero-order chi connectivity index (χ0) is 43.1. The summed E-state index contributed by atoms with van der Waals surface area (Å²) in [6, 6.07) is 10.1. The van der Waals surface area contributed by atoms with Gasteiger partial charge in [-0.05, 0) is 48.4 Å². The van der Waals surface area contributed by atoms with E-state index in [9.17, 15) is 35.9 Å². The Morgan fingerprint density at radius 2 is 1.25 bits per heavy atom. The molecule has 0 amide bonds. The third kappa shape index (κ3) is 7.86. The van der Waals surface area contributed by atoms with Gasteiger partial charge in [0.15, 0.2) is 22.7 Å². The van der Waals surface area contributed by atoms with Gasteiger partial charge in [0.25, 0.3) is 0 Å². The Hall–Kier alpha value is -6.43. The summed E-state index contributed by atoms with van der Waals surface area (Å²) < 4.78 is 122. The van der Waals surface area contributed by atoms with E-state index in [2.05, 4.69) is 10.2 Å². The Bertz CT molecular complexity index is 2860. The first-order valence-corrected chi connectivity index (χ1v) is 18.4. The van der Waals surface area contributed by atoms with Crippen molar-refractivity contribution < 1.29 is 54.1 Å². The molecule has 19 heteroatoms. The third-order valence-electron chi connectivity index (χ3n) is 9.52. The van der Waals surface area contributed by atoms with Crippen molar-refractivity contribution in [3.8, 4) is 45.3 Å². The molecule has 3 aromatic carbocycles. The topological polar surface area (TPSA) is 133 Å². The molecule has 60 heavy (non-hydrogen) atoms. The maximum absolute atomic E-state index is 14.4. The van der Waals surface area contributed by atoms with Crippen LogP contribution in [0.2, 0.25) is 5.02 Å². The smallest absolute Gasteiger partial charge is 0.450 e. The first-order chi connectivity index (χ1) is 28.6. The van der Waals surface area contributed by atoms with Gasteiger partial charge >= 0.3 is 12.4 Å². The number of ether oxygens (including phenoxy) is 4. The minimum atomic E-state index is -5.08. The van der Waals surface area contributed by atoms with Gasteiger partial charge in [0.2, 0.25) is 33.9 Å². The highest BCUT2D eigenvalue weighted by molar-refractivity contribution is 6.31. The Kier molecular flexibility index (Phi) is 11.3. The second-order valence-electron chi connectivity index (χ2n) is 13.4. The molecule has 0 atom stereocenters. The number of hydrogen-bond donors (Lipinski definition) is 0. The van der Waals surface area contributed by atoms with Crippen LogP contribution in [0, 0.1) is 0 Å². The molecule has 0 fully saturated rings. The van der Waals surface area contributed by atoms with Crippen molar-refractivity contribution >= 4 is 33.5 Å². The van der Waals surface area contributed by atoms with Crippen molar-refractivity contribution in [2.75, 3.05) is 21.3 Å². The molecule has 4 heterocycles. The molecule has 0 radical (unpaired) electrons. The molecule has 0 bridgehead atoms. The summed E-state index contributed by atoms with van der Waals surface area (Å²) >= 11 is 6.49. The van der Waals surface area contributed by atoms with Crippen LogP contribution in [0.25, 0.3) is 44.2 Å². The van der Waals surface area contributed by atoms with Crippen molar-refractivity contribution in [3.63, 3.8) is 0 Å². The van der Waals surface area contributed by atoms with Gasteiger partial charge in [-0.25, -0.2) is 0 Å². The normalized spacial score (nSPS) is 12.1. The maximum atomic E-state index is 14.4. The molecule has 4 aromatic heterocycles. The highest BCUT2D eigenvalue weighted by Crippen LogP contribution is 2.44. The fourth-order valence-electron chi connectivity index (χ4n) is 6.71. The molecule has 12 nitrogen and oxygen atoms in total. The number of unbranched alkanes of at least 4 members (excludes halogenated alkanes) is 1.